The lowest BCUT2D eigenvalue weighted by molar-refractivity contribution is -0.112. The molecular weight excluding hydrogens is 479 g/mol. The van der Waals surface area contributed by atoms with Crippen molar-refractivity contribution in [2.24, 2.45) is 0 Å². The number of nitriles is 1. The number of carbonyl (C=O) groups excluding carboxylic acids is 1. The maximum Gasteiger partial charge on any atom is 0.266 e. The zero-order valence-corrected chi connectivity index (χ0v) is 21.0. The number of hydrogen-bond donors (Lipinski definition) is 1. The molecule has 0 atom stereocenters. The molecule has 0 saturated carbocycles. The van der Waals surface area contributed by atoms with Crippen molar-refractivity contribution in [2.45, 2.75) is 20.0 Å². The molecule has 0 fully saturated rings. The number of anilines is 1. The molecule has 0 aliphatic carbocycles. The molecular formula is C32H27FN2O3. The molecule has 4 aromatic carbocycles. The van der Waals surface area contributed by atoms with E-state index in [-0.39, 0.29) is 11.3 Å². The number of ether oxygens (including phenoxy) is 2. The van der Waals surface area contributed by atoms with E-state index >= 15 is 0 Å². The summed E-state index contributed by atoms with van der Waals surface area (Å²) in [6.45, 7) is 6.44. The van der Waals surface area contributed by atoms with Crippen LogP contribution in [0.1, 0.15) is 23.6 Å². The lowest BCUT2D eigenvalue weighted by Crippen LogP contribution is -2.14. The van der Waals surface area contributed by atoms with Crippen LogP contribution in [0.4, 0.5) is 10.1 Å². The molecule has 4 rings (SSSR count). The van der Waals surface area contributed by atoms with Crippen LogP contribution in [0, 0.1) is 17.1 Å². The zero-order chi connectivity index (χ0) is 26.9. The number of halogens is 1. The Morgan fingerprint density at radius 1 is 1.03 bits per heavy atom. The fraction of sp³-hybridized carbons (Fsp3) is 0.125. The highest BCUT2D eigenvalue weighted by molar-refractivity contribution is 6.09. The molecule has 1 N–H and O–H groups in total. The molecule has 6 heteroatoms. The minimum atomic E-state index is -0.711. The number of carbonyl (C=O) groups is 1. The van der Waals surface area contributed by atoms with Gasteiger partial charge in [0.1, 0.15) is 24.1 Å². The Morgan fingerprint density at radius 3 is 2.53 bits per heavy atom. The van der Waals surface area contributed by atoms with E-state index in [1.807, 2.05) is 37.3 Å². The van der Waals surface area contributed by atoms with Gasteiger partial charge in [-0.1, -0.05) is 54.6 Å². The first-order chi connectivity index (χ1) is 18.5. The van der Waals surface area contributed by atoms with E-state index in [0.29, 0.717) is 36.7 Å². The van der Waals surface area contributed by atoms with Crippen LogP contribution in [-0.2, 0) is 17.8 Å². The quantitative estimate of drug-likeness (QED) is 0.140. The summed E-state index contributed by atoms with van der Waals surface area (Å²) in [5, 5.41) is 14.4. The monoisotopic (exact) mass is 506 g/mol. The van der Waals surface area contributed by atoms with Gasteiger partial charge in [0.05, 0.1) is 12.3 Å². The first-order valence-electron chi connectivity index (χ1n) is 12.2. The molecule has 0 unspecified atom stereocenters. The van der Waals surface area contributed by atoms with Crippen LogP contribution in [0.3, 0.4) is 0 Å². The van der Waals surface area contributed by atoms with Gasteiger partial charge in [0.15, 0.2) is 11.5 Å². The lowest BCUT2D eigenvalue weighted by Gasteiger charge is -2.17. The normalized spacial score (nSPS) is 11.0. The zero-order valence-electron chi connectivity index (χ0n) is 21.0. The number of para-hydroxylation sites is 1. The van der Waals surface area contributed by atoms with Crippen molar-refractivity contribution in [2.75, 3.05) is 11.9 Å². The van der Waals surface area contributed by atoms with Crippen molar-refractivity contribution in [1.82, 2.24) is 0 Å². The minimum absolute atomic E-state index is 0.00144. The molecule has 1 amide bonds. The predicted octanol–water partition coefficient (Wildman–Crippen LogP) is 7.23. The molecule has 0 aromatic heterocycles. The van der Waals surface area contributed by atoms with Gasteiger partial charge in [-0.05, 0) is 71.7 Å². The molecule has 0 bridgehead atoms. The Morgan fingerprint density at radius 2 is 1.79 bits per heavy atom. The summed E-state index contributed by atoms with van der Waals surface area (Å²) in [4.78, 5) is 12.7. The summed E-state index contributed by atoms with van der Waals surface area (Å²) in [5.41, 5.74) is 2.20. The van der Waals surface area contributed by atoms with Crippen LogP contribution in [0.5, 0.6) is 11.5 Å². The molecule has 0 aliphatic rings. The number of nitrogens with zero attached hydrogens (tertiary/aromatic N) is 1. The third-order valence-corrected chi connectivity index (χ3v) is 5.81. The molecule has 0 saturated heterocycles. The van der Waals surface area contributed by atoms with Gasteiger partial charge >= 0.3 is 0 Å². The first-order valence-corrected chi connectivity index (χ1v) is 12.2. The van der Waals surface area contributed by atoms with E-state index in [4.69, 9.17) is 9.47 Å². The number of hydrogen-bond acceptors (Lipinski definition) is 4. The van der Waals surface area contributed by atoms with Crippen LogP contribution in [-0.4, -0.2) is 12.5 Å². The Balaban J connectivity index is 1.64. The number of rotatable bonds is 10. The van der Waals surface area contributed by atoms with Gasteiger partial charge in [-0.2, -0.15) is 5.26 Å². The second-order valence-electron chi connectivity index (χ2n) is 8.51. The van der Waals surface area contributed by atoms with Crippen LogP contribution in [0.2, 0.25) is 0 Å². The SMILES string of the molecule is C=CCc1cc(/C=C(/C#N)C(=O)Nc2ccccc2F)cc(OCC)c1OCc1ccc2ccccc2c1. The molecule has 5 nitrogen and oxygen atoms in total. The van der Waals surface area contributed by atoms with Gasteiger partial charge in [-0.25, -0.2) is 4.39 Å². The van der Waals surface area contributed by atoms with Crippen LogP contribution >= 0.6 is 0 Å². The third kappa shape index (κ3) is 6.26. The van der Waals surface area contributed by atoms with Gasteiger partial charge in [-0.3, -0.25) is 4.79 Å². The fourth-order valence-electron chi connectivity index (χ4n) is 4.05. The summed E-state index contributed by atoms with van der Waals surface area (Å²) in [7, 11) is 0. The number of nitrogens with one attached hydrogen (secondary N) is 1. The van der Waals surface area contributed by atoms with E-state index in [0.717, 1.165) is 21.9 Å². The van der Waals surface area contributed by atoms with E-state index in [1.165, 1.54) is 24.3 Å². The number of fused-ring (bicyclic) bond motifs is 1. The van der Waals surface area contributed by atoms with E-state index < -0.39 is 11.7 Å². The molecule has 0 aliphatic heterocycles. The van der Waals surface area contributed by atoms with Crippen molar-refractivity contribution in [3.63, 3.8) is 0 Å². The summed E-state index contributed by atoms with van der Waals surface area (Å²) in [6.07, 6.45) is 3.67. The van der Waals surface area contributed by atoms with Crippen LogP contribution < -0.4 is 14.8 Å². The van der Waals surface area contributed by atoms with E-state index in [1.54, 1.807) is 18.2 Å². The minimum Gasteiger partial charge on any atom is -0.490 e. The summed E-state index contributed by atoms with van der Waals surface area (Å²) in [5.74, 6) is -0.229. The Kier molecular flexibility index (Phi) is 8.53. The molecule has 190 valence electrons. The molecule has 38 heavy (non-hydrogen) atoms. The smallest absolute Gasteiger partial charge is 0.266 e. The van der Waals surface area contributed by atoms with Crippen molar-refractivity contribution in [1.29, 1.82) is 5.26 Å². The Labute approximate surface area is 221 Å². The molecule has 0 radical (unpaired) electrons. The van der Waals surface area contributed by atoms with Gasteiger partial charge in [0.2, 0.25) is 0 Å². The fourth-order valence-corrected chi connectivity index (χ4v) is 4.05. The topological polar surface area (TPSA) is 71.4 Å². The van der Waals surface area contributed by atoms with Gasteiger partial charge in [0.25, 0.3) is 5.91 Å². The Hall–Kier alpha value is -4.89. The second-order valence-corrected chi connectivity index (χ2v) is 8.51. The predicted molar refractivity (Wildman–Crippen MR) is 148 cm³/mol. The molecule has 0 spiro atoms. The highest BCUT2D eigenvalue weighted by atomic mass is 19.1. The average Bonchev–Trinajstić information content (AvgIpc) is 2.92. The summed E-state index contributed by atoms with van der Waals surface area (Å²) >= 11 is 0. The van der Waals surface area contributed by atoms with Crippen molar-refractivity contribution >= 4 is 28.4 Å². The molecule has 4 aromatic rings. The van der Waals surface area contributed by atoms with Gasteiger partial charge in [-0.15, -0.1) is 6.58 Å². The lowest BCUT2D eigenvalue weighted by atomic mass is 10.0. The second kappa shape index (κ2) is 12.4. The average molecular weight is 507 g/mol. The van der Waals surface area contributed by atoms with E-state index in [9.17, 15) is 14.4 Å². The molecule has 0 heterocycles. The van der Waals surface area contributed by atoms with Crippen LogP contribution in [0.25, 0.3) is 16.8 Å². The van der Waals surface area contributed by atoms with Crippen molar-refractivity contribution < 1.29 is 18.7 Å². The number of benzene rings is 4. The maximum atomic E-state index is 14.0. The van der Waals surface area contributed by atoms with Crippen molar-refractivity contribution in [3.05, 3.63) is 120 Å². The number of amides is 1. The summed E-state index contributed by atoms with van der Waals surface area (Å²) < 4.78 is 26.1. The summed E-state index contributed by atoms with van der Waals surface area (Å²) in [6, 6.07) is 25.5. The van der Waals surface area contributed by atoms with Crippen molar-refractivity contribution in [3.8, 4) is 17.6 Å². The largest absolute Gasteiger partial charge is 0.490 e. The first kappa shape index (κ1) is 26.2. The number of allylic oxidation sites excluding steroid dienone is 1. The Bertz CT molecular complexity index is 1550. The van der Waals surface area contributed by atoms with Gasteiger partial charge < -0.3 is 14.8 Å². The van der Waals surface area contributed by atoms with Gasteiger partial charge in [0, 0.05) is 5.56 Å². The third-order valence-electron chi connectivity index (χ3n) is 5.81. The maximum absolute atomic E-state index is 14.0. The highest BCUT2D eigenvalue weighted by Gasteiger charge is 2.16. The van der Waals surface area contributed by atoms with E-state index in [2.05, 4.69) is 36.2 Å². The highest BCUT2D eigenvalue weighted by Crippen LogP contribution is 2.35. The van der Waals surface area contributed by atoms with Crippen LogP contribution in [0.15, 0.2) is 97.1 Å². The standard InChI is InChI=1S/C32H27FN2O3/c1-3-9-26-17-23(18-27(20-34)32(36)35-29-13-8-7-12-28(29)33)19-30(37-4-2)31(26)38-21-22-14-15-24-10-5-6-11-25(24)16-22/h3,5-8,10-19H,1,4,9,21H2,2H3,(H,35,36)/b27-18-.